The number of carbonyl (C=O) groups is 2. The van der Waals surface area contributed by atoms with Crippen LogP contribution in [-0.2, 0) is 11.2 Å². The maximum Gasteiger partial charge on any atom is 0.238 e. The predicted molar refractivity (Wildman–Crippen MR) is 109 cm³/mol. The molecule has 1 amide bonds. The lowest BCUT2D eigenvalue weighted by Gasteiger charge is -2.26. The highest BCUT2D eigenvalue weighted by atomic mass is 35.5. The largest absolute Gasteiger partial charge is 0.324 e. The second-order valence-electron chi connectivity index (χ2n) is 6.60. The van der Waals surface area contributed by atoms with Gasteiger partial charge in [-0.05, 0) is 30.2 Å². The first-order chi connectivity index (χ1) is 13.1. The topological polar surface area (TPSA) is 61.4 Å². The maximum absolute atomic E-state index is 13.1. The molecular weight excluding hydrogens is 362 g/mol. The Morgan fingerprint density at radius 2 is 1.85 bits per heavy atom. The van der Waals surface area contributed by atoms with Gasteiger partial charge in [-0.1, -0.05) is 42.8 Å². The first-order valence-electron chi connectivity index (χ1n) is 9.23. The highest BCUT2D eigenvalue weighted by molar-refractivity contribution is 6.31. The lowest BCUT2D eigenvalue weighted by molar-refractivity contribution is -0.117. The third-order valence-electron chi connectivity index (χ3n) is 4.72. The van der Waals surface area contributed by atoms with Crippen molar-refractivity contribution in [3.63, 3.8) is 0 Å². The van der Waals surface area contributed by atoms with Crippen molar-refractivity contribution in [3.05, 3.63) is 64.2 Å². The second-order valence-corrected chi connectivity index (χ2v) is 7.04. The van der Waals surface area contributed by atoms with Crippen LogP contribution in [0.4, 0.5) is 5.69 Å². The number of carbonyl (C=O) groups excluding carboxylic acids is 2. The van der Waals surface area contributed by atoms with E-state index in [4.69, 9.17) is 11.6 Å². The Morgan fingerprint density at radius 1 is 1.11 bits per heavy atom. The average molecular weight is 386 g/mol. The number of hydrogen-bond acceptors (Lipinski definition) is 4. The maximum atomic E-state index is 13.1. The molecule has 0 unspecified atom stereocenters. The number of anilines is 1. The van der Waals surface area contributed by atoms with Gasteiger partial charge in [-0.3, -0.25) is 14.5 Å². The zero-order chi connectivity index (χ0) is 19.2. The van der Waals surface area contributed by atoms with E-state index in [0.717, 1.165) is 38.2 Å². The molecule has 1 aliphatic rings. The summed E-state index contributed by atoms with van der Waals surface area (Å²) in [5.74, 6) is -0.260. The standard InChI is InChI=1S/C21H24ClN3O2/c1-2-15-5-3-4-6-17(15)21(27)18-13-16(22)7-8-19(18)24-20(26)14-25-11-9-23-10-12-25/h3-8,13,23H,2,9-12,14H2,1H3,(H,24,26). The molecule has 0 atom stereocenters. The van der Waals surface area contributed by atoms with Crippen LogP contribution < -0.4 is 10.6 Å². The van der Waals surface area contributed by atoms with Crippen LogP contribution in [-0.4, -0.2) is 49.3 Å². The summed E-state index contributed by atoms with van der Waals surface area (Å²) >= 11 is 6.13. The van der Waals surface area contributed by atoms with E-state index in [0.29, 0.717) is 28.4 Å². The van der Waals surface area contributed by atoms with E-state index in [9.17, 15) is 9.59 Å². The van der Waals surface area contributed by atoms with Crippen LogP contribution in [0.3, 0.4) is 0 Å². The van der Waals surface area contributed by atoms with Crippen molar-refractivity contribution < 1.29 is 9.59 Å². The van der Waals surface area contributed by atoms with E-state index in [1.807, 2.05) is 31.2 Å². The van der Waals surface area contributed by atoms with Crippen molar-refractivity contribution >= 4 is 29.0 Å². The fourth-order valence-electron chi connectivity index (χ4n) is 3.27. The van der Waals surface area contributed by atoms with E-state index in [-0.39, 0.29) is 11.7 Å². The Labute approximate surface area is 164 Å². The fraction of sp³-hybridized carbons (Fsp3) is 0.333. The Bertz CT molecular complexity index is 832. The Balaban J connectivity index is 1.82. The molecule has 2 aromatic carbocycles. The monoisotopic (exact) mass is 385 g/mol. The van der Waals surface area contributed by atoms with Crippen LogP contribution in [0.25, 0.3) is 0 Å². The minimum atomic E-state index is -0.132. The smallest absolute Gasteiger partial charge is 0.238 e. The molecule has 6 heteroatoms. The number of aryl methyl sites for hydroxylation is 1. The number of nitrogens with one attached hydrogen (secondary N) is 2. The van der Waals surface area contributed by atoms with Crippen LogP contribution in [0.2, 0.25) is 5.02 Å². The molecule has 0 bridgehead atoms. The predicted octanol–water partition coefficient (Wildman–Crippen LogP) is 2.98. The van der Waals surface area contributed by atoms with E-state index in [1.165, 1.54) is 0 Å². The van der Waals surface area contributed by atoms with Crippen LogP contribution in [0, 0.1) is 0 Å². The molecule has 5 nitrogen and oxygen atoms in total. The molecule has 3 rings (SSSR count). The second kappa shape index (κ2) is 9.13. The number of amides is 1. The van der Waals surface area contributed by atoms with Crippen molar-refractivity contribution in [2.24, 2.45) is 0 Å². The van der Waals surface area contributed by atoms with Crippen molar-refractivity contribution in [2.45, 2.75) is 13.3 Å². The Kier molecular flexibility index (Phi) is 6.61. The minimum absolute atomic E-state index is 0.128. The molecule has 1 saturated heterocycles. The van der Waals surface area contributed by atoms with Crippen molar-refractivity contribution in [3.8, 4) is 0 Å². The van der Waals surface area contributed by atoms with Gasteiger partial charge in [-0.15, -0.1) is 0 Å². The van der Waals surface area contributed by atoms with Crippen LogP contribution in [0.1, 0.15) is 28.4 Å². The Morgan fingerprint density at radius 3 is 2.59 bits per heavy atom. The third kappa shape index (κ3) is 4.95. The SMILES string of the molecule is CCc1ccccc1C(=O)c1cc(Cl)ccc1NC(=O)CN1CCNCC1. The van der Waals surface area contributed by atoms with Gasteiger partial charge in [-0.2, -0.15) is 0 Å². The van der Waals surface area contributed by atoms with Gasteiger partial charge in [0.05, 0.1) is 12.2 Å². The fourth-order valence-corrected chi connectivity index (χ4v) is 3.44. The molecule has 2 N–H and O–H groups in total. The van der Waals surface area contributed by atoms with Crippen LogP contribution in [0.5, 0.6) is 0 Å². The molecule has 0 saturated carbocycles. The molecule has 1 heterocycles. The van der Waals surface area contributed by atoms with Gasteiger partial charge >= 0.3 is 0 Å². The molecule has 2 aromatic rings. The number of ketones is 1. The quantitative estimate of drug-likeness (QED) is 0.750. The molecule has 142 valence electrons. The van der Waals surface area contributed by atoms with Crippen molar-refractivity contribution in [1.29, 1.82) is 0 Å². The number of piperazine rings is 1. The molecular formula is C21H24ClN3O2. The summed E-state index contributed by atoms with van der Waals surface area (Å²) in [4.78, 5) is 27.7. The molecule has 0 spiro atoms. The molecule has 0 aromatic heterocycles. The number of hydrogen-bond donors (Lipinski definition) is 2. The van der Waals surface area contributed by atoms with Gasteiger partial charge in [0.15, 0.2) is 5.78 Å². The molecule has 0 aliphatic carbocycles. The summed E-state index contributed by atoms with van der Waals surface area (Å²) in [6, 6.07) is 12.5. The number of halogens is 1. The lowest BCUT2D eigenvalue weighted by Crippen LogP contribution is -2.46. The van der Waals surface area contributed by atoms with Gasteiger partial charge in [0.25, 0.3) is 0 Å². The number of rotatable bonds is 6. The molecule has 1 fully saturated rings. The van der Waals surface area contributed by atoms with Gasteiger partial charge < -0.3 is 10.6 Å². The Hall–Kier alpha value is -2.21. The highest BCUT2D eigenvalue weighted by Crippen LogP contribution is 2.25. The van der Waals surface area contributed by atoms with E-state index < -0.39 is 0 Å². The van der Waals surface area contributed by atoms with Gasteiger partial charge in [0.2, 0.25) is 5.91 Å². The highest BCUT2D eigenvalue weighted by Gasteiger charge is 2.19. The zero-order valence-electron chi connectivity index (χ0n) is 15.4. The zero-order valence-corrected chi connectivity index (χ0v) is 16.2. The molecule has 27 heavy (non-hydrogen) atoms. The molecule has 1 aliphatic heterocycles. The van der Waals surface area contributed by atoms with Gasteiger partial charge in [-0.25, -0.2) is 0 Å². The average Bonchev–Trinajstić information content (AvgIpc) is 2.69. The number of benzene rings is 2. The summed E-state index contributed by atoms with van der Waals surface area (Å²) in [6.07, 6.45) is 0.757. The van der Waals surface area contributed by atoms with Crippen LogP contribution >= 0.6 is 11.6 Å². The summed E-state index contributed by atoms with van der Waals surface area (Å²) in [5, 5.41) is 6.62. The summed E-state index contributed by atoms with van der Waals surface area (Å²) in [6.45, 7) is 5.76. The third-order valence-corrected chi connectivity index (χ3v) is 4.96. The summed E-state index contributed by atoms with van der Waals surface area (Å²) in [7, 11) is 0. The lowest BCUT2D eigenvalue weighted by atomic mass is 9.96. The number of nitrogens with zero attached hydrogens (tertiary/aromatic N) is 1. The van der Waals surface area contributed by atoms with Crippen molar-refractivity contribution in [1.82, 2.24) is 10.2 Å². The summed E-state index contributed by atoms with van der Waals surface area (Å²) < 4.78 is 0. The van der Waals surface area contributed by atoms with E-state index in [1.54, 1.807) is 18.2 Å². The van der Waals surface area contributed by atoms with Gasteiger partial charge in [0, 0.05) is 42.3 Å². The van der Waals surface area contributed by atoms with Crippen LogP contribution in [0.15, 0.2) is 42.5 Å². The minimum Gasteiger partial charge on any atom is -0.324 e. The molecule has 0 radical (unpaired) electrons. The summed E-state index contributed by atoms with van der Waals surface area (Å²) in [5.41, 5.74) is 2.52. The first kappa shape index (κ1) is 19.5. The van der Waals surface area contributed by atoms with E-state index >= 15 is 0 Å². The normalized spacial score (nSPS) is 14.7. The van der Waals surface area contributed by atoms with Crippen molar-refractivity contribution in [2.75, 3.05) is 38.0 Å². The van der Waals surface area contributed by atoms with Gasteiger partial charge in [0.1, 0.15) is 0 Å². The van der Waals surface area contributed by atoms with E-state index in [2.05, 4.69) is 15.5 Å². The first-order valence-corrected chi connectivity index (χ1v) is 9.61.